The maximum Gasteiger partial charge on any atom is 0.338 e. The molecule has 5 nitrogen and oxygen atoms in total. The van der Waals surface area contributed by atoms with Crippen LogP contribution in [0.25, 0.3) is 0 Å². The van der Waals surface area contributed by atoms with Gasteiger partial charge in [-0.25, -0.2) is 4.79 Å². The number of esters is 1. The van der Waals surface area contributed by atoms with E-state index in [1.54, 1.807) is 0 Å². The fourth-order valence-corrected chi connectivity index (χ4v) is 1.53. The number of carbonyl (C=O) groups excluding carboxylic acids is 1. The summed E-state index contributed by atoms with van der Waals surface area (Å²) < 4.78 is 4.57. The lowest BCUT2D eigenvalue weighted by Gasteiger charge is -2.02. The van der Waals surface area contributed by atoms with Gasteiger partial charge in [-0.2, -0.15) is 0 Å². The van der Waals surface area contributed by atoms with Gasteiger partial charge < -0.3 is 4.74 Å². The van der Waals surface area contributed by atoms with Crippen molar-refractivity contribution in [3.05, 3.63) is 37.3 Å². The molecule has 1 aromatic rings. The lowest BCUT2D eigenvalue weighted by atomic mass is 10.2. The molecule has 1 rings (SSSR count). The van der Waals surface area contributed by atoms with Crippen LogP contribution in [0.5, 0.6) is 0 Å². The molecule has 0 aliphatic carbocycles. The number of methoxy groups -OCH3 is 1. The Kier molecular flexibility index (Phi) is 3.65. The number of nitro benzene ring substituents is 1. The Hall–Kier alpha value is -1.14. The van der Waals surface area contributed by atoms with Crippen LogP contribution in [0.1, 0.15) is 10.4 Å². The highest BCUT2D eigenvalue weighted by atomic mass is 79.9. The summed E-state index contributed by atoms with van der Waals surface area (Å²) in [5.74, 6) is -0.674. The van der Waals surface area contributed by atoms with Crippen LogP contribution in [-0.2, 0) is 4.74 Å². The van der Waals surface area contributed by atoms with Crippen LogP contribution in [-0.4, -0.2) is 18.0 Å². The third kappa shape index (κ3) is 2.45. The van der Waals surface area contributed by atoms with E-state index in [0.717, 1.165) is 6.07 Å². The van der Waals surface area contributed by atoms with Crippen molar-refractivity contribution in [2.75, 3.05) is 7.11 Å². The second-order valence-electron chi connectivity index (χ2n) is 2.54. The third-order valence-corrected chi connectivity index (χ3v) is 2.99. The van der Waals surface area contributed by atoms with E-state index in [1.807, 2.05) is 0 Å². The zero-order chi connectivity index (χ0) is 11.6. The Bertz CT molecular complexity index is 435. The van der Waals surface area contributed by atoms with E-state index in [2.05, 4.69) is 20.7 Å². The standard InChI is InChI=1S/C8H5BrClNO4/c1-15-8(12)4-2-5(10)7(9)6(3-4)11(13)14/h2-3H,1H3. The predicted octanol–water partition coefficient (Wildman–Crippen LogP) is 2.80. The highest BCUT2D eigenvalue weighted by Gasteiger charge is 2.19. The van der Waals surface area contributed by atoms with Gasteiger partial charge in [0.05, 0.1) is 22.6 Å². The molecule has 0 spiro atoms. The van der Waals surface area contributed by atoms with E-state index in [4.69, 9.17) is 11.6 Å². The fourth-order valence-electron chi connectivity index (χ4n) is 0.943. The van der Waals surface area contributed by atoms with Crippen LogP contribution in [0.3, 0.4) is 0 Å². The van der Waals surface area contributed by atoms with Crippen LogP contribution in [0.2, 0.25) is 5.02 Å². The second kappa shape index (κ2) is 4.59. The van der Waals surface area contributed by atoms with Gasteiger partial charge >= 0.3 is 5.97 Å². The minimum atomic E-state index is -0.674. The molecule has 0 saturated carbocycles. The van der Waals surface area contributed by atoms with Crippen molar-refractivity contribution < 1.29 is 14.5 Å². The average Bonchev–Trinajstić information content (AvgIpc) is 2.20. The molecule has 0 N–H and O–H groups in total. The van der Waals surface area contributed by atoms with E-state index in [-0.39, 0.29) is 20.7 Å². The van der Waals surface area contributed by atoms with Crippen LogP contribution < -0.4 is 0 Å². The molecule has 0 atom stereocenters. The zero-order valence-corrected chi connectivity index (χ0v) is 9.83. The predicted molar refractivity (Wildman–Crippen MR) is 57.1 cm³/mol. The van der Waals surface area contributed by atoms with Gasteiger partial charge in [0, 0.05) is 6.07 Å². The highest BCUT2D eigenvalue weighted by Crippen LogP contribution is 2.33. The van der Waals surface area contributed by atoms with E-state index >= 15 is 0 Å². The first-order valence-electron chi connectivity index (χ1n) is 3.69. The van der Waals surface area contributed by atoms with Gasteiger partial charge in [0.1, 0.15) is 4.47 Å². The third-order valence-electron chi connectivity index (χ3n) is 1.63. The fraction of sp³-hybridized carbons (Fsp3) is 0.125. The maximum atomic E-state index is 11.1. The van der Waals surface area contributed by atoms with Crippen molar-refractivity contribution in [3.63, 3.8) is 0 Å². The maximum absolute atomic E-state index is 11.1. The van der Waals surface area contributed by atoms with Crippen LogP contribution in [0, 0.1) is 10.1 Å². The quantitative estimate of drug-likeness (QED) is 0.478. The number of hydrogen-bond donors (Lipinski definition) is 0. The Morgan fingerprint density at radius 1 is 1.60 bits per heavy atom. The summed E-state index contributed by atoms with van der Waals surface area (Å²) in [5, 5.41) is 10.7. The first-order chi connectivity index (χ1) is 6.97. The molecule has 80 valence electrons. The molecular formula is C8H5BrClNO4. The molecule has 0 bridgehead atoms. The number of benzene rings is 1. The van der Waals surface area contributed by atoms with Gasteiger partial charge in [-0.05, 0) is 22.0 Å². The summed E-state index contributed by atoms with van der Waals surface area (Å²) in [7, 11) is 1.18. The number of ether oxygens (including phenoxy) is 1. The Morgan fingerprint density at radius 2 is 2.20 bits per heavy atom. The lowest BCUT2D eigenvalue weighted by Crippen LogP contribution is -2.02. The molecule has 0 amide bonds. The Labute approximate surface area is 98.3 Å². The number of carbonyl (C=O) groups is 1. The minimum Gasteiger partial charge on any atom is -0.465 e. The molecular weight excluding hydrogens is 289 g/mol. The van der Waals surface area contributed by atoms with E-state index in [1.165, 1.54) is 13.2 Å². The number of nitrogens with zero attached hydrogens (tertiary/aromatic N) is 1. The van der Waals surface area contributed by atoms with E-state index in [9.17, 15) is 14.9 Å². The van der Waals surface area contributed by atoms with Gasteiger partial charge in [-0.15, -0.1) is 0 Å². The summed E-state index contributed by atoms with van der Waals surface area (Å²) in [6.07, 6.45) is 0. The summed E-state index contributed by atoms with van der Waals surface area (Å²) in [5.41, 5.74) is -0.236. The van der Waals surface area contributed by atoms with Crippen molar-refractivity contribution >= 4 is 39.2 Å². The van der Waals surface area contributed by atoms with Crippen molar-refractivity contribution in [1.82, 2.24) is 0 Å². The number of rotatable bonds is 2. The smallest absolute Gasteiger partial charge is 0.338 e. The first-order valence-corrected chi connectivity index (χ1v) is 4.86. The van der Waals surface area contributed by atoms with Crippen molar-refractivity contribution in [1.29, 1.82) is 0 Å². The number of halogens is 2. The average molecular weight is 294 g/mol. The van der Waals surface area contributed by atoms with Crippen LogP contribution in [0.4, 0.5) is 5.69 Å². The van der Waals surface area contributed by atoms with Gasteiger partial charge in [0.2, 0.25) is 0 Å². The largest absolute Gasteiger partial charge is 0.465 e. The molecule has 0 fully saturated rings. The van der Waals surface area contributed by atoms with Crippen molar-refractivity contribution in [2.24, 2.45) is 0 Å². The molecule has 0 aliphatic heterocycles. The topological polar surface area (TPSA) is 69.4 Å². The van der Waals surface area contributed by atoms with Crippen molar-refractivity contribution in [3.8, 4) is 0 Å². The summed E-state index contributed by atoms with van der Waals surface area (Å²) in [6.45, 7) is 0. The Morgan fingerprint density at radius 3 is 2.67 bits per heavy atom. The molecule has 15 heavy (non-hydrogen) atoms. The van der Waals surface area contributed by atoms with Crippen LogP contribution >= 0.6 is 27.5 Å². The van der Waals surface area contributed by atoms with Gasteiger partial charge in [-0.1, -0.05) is 11.6 Å². The monoisotopic (exact) mass is 293 g/mol. The molecule has 0 unspecified atom stereocenters. The molecule has 0 aromatic heterocycles. The molecule has 0 heterocycles. The van der Waals surface area contributed by atoms with Crippen molar-refractivity contribution in [2.45, 2.75) is 0 Å². The van der Waals surface area contributed by atoms with E-state index < -0.39 is 10.9 Å². The molecule has 0 saturated heterocycles. The molecule has 0 aliphatic rings. The summed E-state index contributed by atoms with van der Waals surface area (Å²) >= 11 is 8.67. The van der Waals surface area contributed by atoms with E-state index in [0.29, 0.717) is 0 Å². The number of hydrogen-bond acceptors (Lipinski definition) is 4. The van der Waals surface area contributed by atoms with Gasteiger partial charge in [0.15, 0.2) is 0 Å². The minimum absolute atomic E-state index is 0.0393. The lowest BCUT2D eigenvalue weighted by molar-refractivity contribution is -0.385. The molecule has 1 aromatic carbocycles. The SMILES string of the molecule is COC(=O)c1cc(Cl)c(Br)c([N+](=O)[O-])c1. The molecule has 0 radical (unpaired) electrons. The second-order valence-corrected chi connectivity index (χ2v) is 3.74. The normalized spacial score (nSPS) is 9.80. The Balaban J connectivity index is 3.35. The number of nitro groups is 1. The highest BCUT2D eigenvalue weighted by molar-refractivity contribution is 9.10. The van der Waals surface area contributed by atoms with Crippen LogP contribution in [0.15, 0.2) is 16.6 Å². The molecule has 7 heteroatoms. The van der Waals surface area contributed by atoms with Gasteiger partial charge in [-0.3, -0.25) is 10.1 Å². The summed E-state index contributed by atoms with van der Waals surface area (Å²) in [6, 6.07) is 2.40. The first kappa shape index (κ1) is 11.9. The van der Waals surface area contributed by atoms with Gasteiger partial charge in [0.25, 0.3) is 5.69 Å². The summed E-state index contributed by atoms with van der Waals surface area (Å²) in [4.78, 5) is 21.1. The zero-order valence-electron chi connectivity index (χ0n) is 7.49.